The van der Waals surface area contributed by atoms with Crippen molar-refractivity contribution in [1.82, 2.24) is 4.90 Å². The molecule has 0 bridgehead atoms. The maximum atomic E-state index is 12.4. The van der Waals surface area contributed by atoms with Crippen molar-refractivity contribution in [2.75, 3.05) is 43.5 Å². The maximum absolute atomic E-state index is 12.4. The average molecular weight is 450 g/mol. The third-order valence-electron chi connectivity index (χ3n) is 5.76. The molecule has 1 aliphatic rings. The van der Waals surface area contributed by atoms with E-state index in [0.29, 0.717) is 6.42 Å². The Bertz CT molecular complexity index is 1030. The minimum Gasteiger partial charge on any atom is -0.497 e. The molecule has 1 fully saturated rings. The van der Waals surface area contributed by atoms with Gasteiger partial charge in [-0.1, -0.05) is 41.9 Å². The molecule has 1 aliphatic heterocycles. The van der Waals surface area contributed by atoms with Crippen LogP contribution in [-0.4, -0.2) is 44.1 Å². The van der Waals surface area contributed by atoms with Gasteiger partial charge >= 0.3 is 0 Å². The molecule has 6 heteroatoms. The van der Waals surface area contributed by atoms with Gasteiger partial charge in [0.15, 0.2) is 0 Å². The Balaban J connectivity index is 1.26. The molecule has 3 aromatic rings. The van der Waals surface area contributed by atoms with E-state index in [-0.39, 0.29) is 5.91 Å². The SMILES string of the molecule is COc1ccc(CC(=O)Nc2ccc(N3CCN(Cc4ccccc4Cl)CC3)cc2)cc1. The van der Waals surface area contributed by atoms with Gasteiger partial charge < -0.3 is 15.0 Å². The third kappa shape index (κ3) is 5.81. The summed E-state index contributed by atoms with van der Waals surface area (Å²) in [5.74, 6) is 0.755. The second-order valence-corrected chi connectivity index (χ2v) is 8.38. The predicted molar refractivity (Wildman–Crippen MR) is 131 cm³/mol. The van der Waals surface area contributed by atoms with Crippen LogP contribution in [0.2, 0.25) is 5.02 Å². The van der Waals surface area contributed by atoms with Crippen molar-refractivity contribution in [1.29, 1.82) is 0 Å². The summed E-state index contributed by atoms with van der Waals surface area (Å²) in [5, 5.41) is 3.81. The first-order chi connectivity index (χ1) is 15.6. The summed E-state index contributed by atoms with van der Waals surface area (Å²) in [6.07, 6.45) is 0.332. The van der Waals surface area contributed by atoms with Gasteiger partial charge in [-0.3, -0.25) is 9.69 Å². The number of ether oxygens (including phenoxy) is 1. The van der Waals surface area contributed by atoms with Gasteiger partial charge in [-0.15, -0.1) is 0 Å². The van der Waals surface area contributed by atoms with Gasteiger partial charge in [0.1, 0.15) is 5.75 Å². The molecule has 5 nitrogen and oxygen atoms in total. The zero-order valence-corrected chi connectivity index (χ0v) is 19.0. The van der Waals surface area contributed by atoms with Crippen LogP contribution >= 0.6 is 11.6 Å². The average Bonchev–Trinajstić information content (AvgIpc) is 2.82. The van der Waals surface area contributed by atoms with Gasteiger partial charge in [0.2, 0.25) is 5.91 Å². The van der Waals surface area contributed by atoms with E-state index in [9.17, 15) is 4.79 Å². The lowest BCUT2D eigenvalue weighted by atomic mass is 10.1. The summed E-state index contributed by atoms with van der Waals surface area (Å²) in [5.41, 5.74) is 4.12. The first-order valence-corrected chi connectivity index (χ1v) is 11.2. The van der Waals surface area contributed by atoms with Gasteiger partial charge in [-0.05, 0) is 53.6 Å². The van der Waals surface area contributed by atoms with Gasteiger partial charge in [-0.2, -0.15) is 0 Å². The van der Waals surface area contributed by atoms with Crippen LogP contribution in [0, 0.1) is 0 Å². The lowest BCUT2D eigenvalue weighted by Gasteiger charge is -2.36. The highest BCUT2D eigenvalue weighted by Gasteiger charge is 2.18. The van der Waals surface area contributed by atoms with E-state index in [2.05, 4.69) is 33.3 Å². The number of anilines is 2. The van der Waals surface area contributed by atoms with E-state index in [1.165, 1.54) is 11.3 Å². The fraction of sp³-hybridized carbons (Fsp3) is 0.269. The van der Waals surface area contributed by atoms with Crippen molar-refractivity contribution >= 4 is 28.9 Å². The molecular formula is C26H28ClN3O2. The molecule has 0 unspecified atom stereocenters. The molecule has 32 heavy (non-hydrogen) atoms. The molecule has 0 aliphatic carbocycles. The molecule has 0 aromatic heterocycles. The number of hydrogen-bond acceptors (Lipinski definition) is 4. The zero-order chi connectivity index (χ0) is 22.3. The molecule has 0 atom stereocenters. The largest absolute Gasteiger partial charge is 0.497 e. The number of benzene rings is 3. The fourth-order valence-corrected chi connectivity index (χ4v) is 4.12. The number of piperazine rings is 1. The van der Waals surface area contributed by atoms with E-state index in [4.69, 9.17) is 16.3 Å². The van der Waals surface area contributed by atoms with Crippen molar-refractivity contribution in [2.24, 2.45) is 0 Å². The smallest absolute Gasteiger partial charge is 0.228 e. The van der Waals surface area contributed by atoms with Gasteiger partial charge in [0.05, 0.1) is 13.5 Å². The summed E-state index contributed by atoms with van der Waals surface area (Å²) in [6.45, 7) is 4.80. The number of methoxy groups -OCH3 is 1. The van der Waals surface area contributed by atoms with E-state index < -0.39 is 0 Å². The van der Waals surface area contributed by atoms with Crippen LogP contribution in [0.3, 0.4) is 0 Å². The van der Waals surface area contributed by atoms with Crippen LogP contribution < -0.4 is 15.0 Å². The molecule has 3 aromatic carbocycles. The summed E-state index contributed by atoms with van der Waals surface area (Å²) in [4.78, 5) is 17.2. The van der Waals surface area contributed by atoms with E-state index in [0.717, 1.165) is 54.7 Å². The monoisotopic (exact) mass is 449 g/mol. The van der Waals surface area contributed by atoms with Crippen molar-refractivity contribution in [3.63, 3.8) is 0 Å². The highest BCUT2D eigenvalue weighted by atomic mass is 35.5. The quantitative estimate of drug-likeness (QED) is 0.560. The van der Waals surface area contributed by atoms with Crippen molar-refractivity contribution in [2.45, 2.75) is 13.0 Å². The van der Waals surface area contributed by atoms with Crippen LogP contribution in [0.1, 0.15) is 11.1 Å². The molecular weight excluding hydrogens is 422 g/mol. The minimum atomic E-state index is -0.0314. The van der Waals surface area contributed by atoms with Gasteiger partial charge in [0.25, 0.3) is 0 Å². The number of hydrogen-bond donors (Lipinski definition) is 1. The number of halogens is 1. The number of carbonyl (C=O) groups is 1. The molecule has 1 saturated heterocycles. The van der Waals surface area contributed by atoms with Crippen LogP contribution in [0.5, 0.6) is 5.75 Å². The Morgan fingerprint density at radius 3 is 2.28 bits per heavy atom. The molecule has 0 saturated carbocycles. The fourth-order valence-electron chi connectivity index (χ4n) is 3.92. The highest BCUT2D eigenvalue weighted by molar-refractivity contribution is 6.31. The standard InChI is InChI=1S/C26H28ClN3O2/c1-32-24-12-6-20(7-13-24)18-26(31)28-22-8-10-23(11-9-22)30-16-14-29(15-17-30)19-21-4-2-3-5-25(21)27/h2-13H,14-19H2,1H3,(H,28,31). The summed E-state index contributed by atoms with van der Waals surface area (Å²) in [7, 11) is 1.63. The molecule has 1 N–H and O–H groups in total. The zero-order valence-electron chi connectivity index (χ0n) is 18.3. The summed E-state index contributed by atoms with van der Waals surface area (Å²) in [6, 6.07) is 23.7. The van der Waals surface area contributed by atoms with Gasteiger partial charge in [-0.25, -0.2) is 0 Å². The molecule has 4 rings (SSSR count). The Kier molecular flexibility index (Phi) is 7.30. The molecule has 1 heterocycles. The number of nitrogens with one attached hydrogen (secondary N) is 1. The Morgan fingerprint density at radius 1 is 0.938 bits per heavy atom. The summed E-state index contributed by atoms with van der Waals surface area (Å²) >= 11 is 6.30. The van der Waals surface area contributed by atoms with Crippen molar-refractivity contribution in [3.8, 4) is 5.75 Å². The predicted octanol–water partition coefficient (Wildman–Crippen LogP) is 4.85. The molecule has 166 valence electrons. The van der Waals surface area contributed by atoms with Crippen LogP contribution in [0.4, 0.5) is 11.4 Å². The van der Waals surface area contributed by atoms with Crippen LogP contribution in [0.25, 0.3) is 0 Å². The Labute approximate surface area is 194 Å². The van der Waals surface area contributed by atoms with Crippen LogP contribution in [-0.2, 0) is 17.8 Å². The van der Waals surface area contributed by atoms with Gasteiger partial charge in [0, 0.05) is 49.1 Å². The second kappa shape index (κ2) is 10.5. The second-order valence-electron chi connectivity index (χ2n) is 7.97. The highest BCUT2D eigenvalue weighted by Crippen LogP contribution is 2.22. The maximum Gasteiger partial charge on any atom is 0.228 e. The Morgan fingerprint density at radius 2 is 1.62 bits per heavy atom. The normalized spacial score (nSPS) is 14.2. The van der Waals surface area contributed by atoms with E-state index in [1.54, 1.807) is 7.11 Å². The molecule has 0 radical (unpaired) electrons. The first-order valence-electron chi connectivity index (χ1n) is 10.8. The number of amides is 1. The molecule has 0 spiro atoms. The number of rotatable bonds is 7. The lowest BCUT2D eigenvalue weighted by molar-refractivity contribution is -0.115. The Hall–Kier alpha value is -3.02. The first kappa shape index (κ1) is 22.2. The van der Waals surface area contributed by atoms with E-state index >= 15 is 0 Å². The number of carbonyl (C=O) groups excluding carboxylic acids is 1. The summed E-state index contributed by atoms with van der Waals surface area (Å²) < 4.78 is 5.16. The molecule has 1 amide bonds. The lowest BCUT2D eigenvalue weighted by Crippen LogP contribution is -2.46. The topological polar surface area (TPSA) is 44.8 Å². The number of nitrogens with zero attached hydrogens (tertiary/aromatic N) is 2. The third-order valence-corrected chi connectivity index (χ3v) is 6.13. The van der Waals surface area contributed by atoms with Crippen molar-refractivity contribution < 1.29 is 9.53 Å². The van der Waals surface area contributed by atoms with Crippen molar-refractivity contribution in [3.05, 3.63) is 88.9 Å². The van der Waals surface area contributed by atoms with E-state index in [1.807, 2.05) is 54.6 Å². The van der Waals surface area contributed by atoms with Crippen LogP contribution in [0.15, 0.2) is 72.8 Å². The minimum absolute atomic E-state index is 0.0314.